The molecule has 1 N–H and O–H groups in total. The molecule has 0 radical (unpaired) electrons. The van der Waals surface area contributed by atoms with Crippen LogP contribution in [0.5, 0.6) is 0 Å². The summed E-state index contributed by atoms with van der Waals surface area (Å²) < 4.78 is 0.931. The number of likely N-dealkylation sites (tertiary alicyclic amines) is 1. The molecule has 1 saturated heterocycles. The van der Waals surface area contributed by atoms with Crippen molar-refractivity contribution < 1.29 is 14.7 Å². The first kappa shape index (κ1) is 14.5. The number of carbonyl (C=O) groups excluding carboxylic acids is 1. The number of amides is 1. The van der Waals surface area contributed by atoms with Gasteiger partial charge in [-0.25, -0.2) is 0 Å². The van der Waals surface area contributed by atoms with Crippen molar-refractivity contribution in [3.63, 3.8) is 0 Å². The van der Waals surface area contributed by atoms with Gasteiger partial charge in [0.25, 0.3) is 5.91 Å². The number of piperidine rings is 1. The molecule has 1 amide bonds. The normalized spacial score (nSPS) is 19.4. The largest absolute Gasteiger partial charge is 0.481 e. The molecule has 0 aromatic carbocycles. The van der Waals surface area contributed by atoms with Crippen LogP contribution in [0.3, 0.4) is 0 Å². The molecule has 1 aromatic heterocycles. The van der Waals surface area contributed by atoms with E-state index in [0.29, 0.717) is 18.9 Å². The molecule has 2 heterocycles. The summed E-state index contributed by atoms with van der Waals surface area (Å²) in [6, 6.07) is 1.84. The molecule has 1 unspecified atom stereocenters. The van der Waals surface area contributed by atoms with Gasteiger partial charge in [-0.1, -0.05) is 0 Å². The predicted molar refractivity (Wildman–Crippen MR) is 77.5 cm³/mol. The number of nitrogens with zero attached hydrogens (tertiary/aromatic N) is 1. The Morgan fingerprint density at radius 2 is 2.32 bits per heavy atom. The van der Waals surface area contributed by atoms with Crippen LogP contribution in [0.15, 0.2) is 15.9 Å². The molecule has 0 aliphatic carbocycles. The Balaban J connectivity index is 1.93. The SMILES string of the molecule is O=C(O)CCC1CCCN(C(=O)c2cc(Br)cs2)C1. The topological polar surface area (TPSA) is 57.6 Å². The zero-order valence-corrected chi connectivity index (χ0v) is 12.9. The zero-order valence-electron chi connectivity index (χ0n) is 10.5. The lowest BCUT2D eigenvalue weighted by molar-refractivity contribution is -0.137. The minimum absolute atomic E-state index is 0.0655. The average molecular weight is 346 g/mol. The summed E-state index contributed by atoms with van der Waals surface area (Å²) in [5.41, 5.74) is 0. The molecule has 0 saturated carbocycles. The number of carbonyl (C=O) groups is 2. The average Bonchev–Trinajstić information content (AvgIpc) is 2.82. The van der Waals surface area contributed by atoms with Crippen LogP contribution in [-0.4, -0.2) is 35.0 Å². The van der Waals surface area contributed by atoms with Crippen molar-refractivity contribution in [1.82, 2.24) is 4.90 Å². The van der Waals surface area contributed by atoms with Gasteiger partial charge in [0.2, 0.25) is 0 Å². The third kappa shape index (κ3) is 4.04. The van der Waals surface area contributed by atoms with Gasteiger partial charge in [-0.05, 0) is 47.2 Å². The van der Waals surface area contributed by atoms with Crippen molar-refractivity contribution in [3.05, 3.63) is 20.8 Å². The number of halogens is 1. The second kappa shape index (κ2) is 6.52. The van der Waals surface area contributed by atoms with Crippen molar-refractivity contribution >= 4 is 39.1 Å². The van der Waals surface area contributed by atoms with E-state index in [-0.39, 0.29) is 12.3 Å². The molecule has 1 fully saturated rings. The van der Waals surface area contributed by atoms with Crippen LogP contribution in [0.1, 0.15) is 35.4 Å². The third-order valence-electron chi connectivity index (χ3n) is 3.35. The molecule has 1 atom stereocenters. The summed E-state index contributed by atoms with van der Waals surface area (Å²) >= 11 is 4.79. The minimum atomic E-state index is -0.759. The molecular weight excluding hydrogens is 330 g/mol. The van der Waals surface area contributed by atoms with E-state index in [9.17, 15) is 9.59 Å². The second-order valence-electron chi connectivity index (χ2n) is 4.82. The zero-order chi connectivity index (χ0) is 13.8. The van der Waals surface area contributed by atoms with Gasteiger partial charge in [0, 0.05) is 29.4 Å². The molecule has 6 heteroatoms. The molecule has 0 spiro atoms. The summed E-state index contributed by atoms with van der Waals surface area (Å²) in [5, 5.41) is 10.6. The van der Waals surface area contributed by atoms with Gasteiger partial charge >= 0.3 is 5.97 Å². The highest BCUT2D eigenvalue weighted by Crippen LogP contribution is 2.25. The van der Waals surface area contributed by atoms with E-state index in [4.69, 9.17) is 5.11 Å². The number of aliphatic carboxylic acids is 1. The number of hydrogen-bond donors (Lipinski definition) is 1. The highest BCUT2D eigenvalue weighted by atomic mass is 79.9. The van der Waals surface area contributed by atoms with Crippen LogP contribution in [0.4, 0.5) is 0 Å². The lowest BCUT2D eigenvalue weighted by Gasteiger charge is -2.32. The van der Waals surface area contributed by atoms with Gasteiger partial charge in [-0.2, -0.15) is 0 Å². The molecule has 1 aliphatic rings. The number of carboxylic acid groups (broad SMARTS) is 1. The van der Waals surface area contributed by atoms with E-state index in [2.05, 4.69) is 15.9 Å². The molecule has 4 nitrogen and oxygen atoms in total. The molecule has 19 heavy (non-hydrogen) atoms. The Morgan fingerprint density at radius 1 is 1.53 bits per heavy atom. The number of carboxylic acids is 1. The number of rotatable bonds is 4. The molecule has 2 rings (SSSR count). The van der Waals surface area contributed by atoms with Gasteiger partial charge in [0.05, 0.1) is 4.88 Å². The standard InChI is InChI=1S/C13H16BrNO3S/c14-10-6-11(19-8-10)13(18)15-5-1-2-9(7-15)3-4-12(16)17/h6,8-9H,1-5,7H2,(H,16,17). The fourth-order valence-corrected chi connectivity index (χ4v) is 3.79. The summed E-state index contributed by atoms with van der Waals surface area (Å²) in [6.45, 7) is 1.46. The first-order valence-electron chi connectivity index (χ1n) is 6.31. The quantitative estimate of drug-likeness (QED) is 0.911. The van der Waals surface area contributed by atoms with Gasteiger partial charge in [-0.3, -0.25) is 9.59 Å². The van der Waals surface area contributed by atoms with Gasteiger partial charge < -0.3 is 10.0 Å². The van der Waals surface area contributed by atoms with E-state index < -0.39 is 5.97 Å². The van der Waals surface area contributed by atoms with Crippen LogP contribution in [0.25, 0.3) is 0 Å². The van der Waals surface area contributed by atoms with Gasteiger partial charge in [0.1, 0.15) is 0 Å². The highest BCUT2D eigenvalue weighted by molar-refractivity contribution is 9.10. The van der Waals surface area contributed by atoms with Crippen molar-refractivity contribution in [2.24, 2.45) is 5.92 Å². The van der Waals surface area contributed by atoms with E-state index in [0.717, 1.165) is 28.7 Å². The first-order chi connectivity index (χ1) is 9.06. The second-order valence-corrected chi connectivity index (χ2v) is 6.65. The van der Waals surface area contributed by atoms with Crippen LogP contribution in [0.2, 0.25) is 0 Å². The van der Waals surface area contributed by atoms with Crippen molar-refractivity contribution in [2.75, 3.05) is 13.1 Å². The fraction of sp³-hybridized carbons (Fsp3) is 0.538. The van der Waals surface area contributed by atoms with E-state index in [1.165, 1.54) is 11.3 Å². The molecule has 1 aliphatic heterocycles. The van der Waals surface area contributed by atoms with Gasteiger partial charge in [0.15, 0.2) is 0 Å². The fourth-order valence-electron chi connectivity index (χ4n) is 2.39. The van der Waals surface area contributed by atoms with Gasteiger partial charge in [-0.15, -0.1) is 11.3 Å². The number of thiophene rings is 1. The Labute approximate surface area is 124 Å². The van der Waals surface area contributed by atoms with Crippen molar-refractivity contribution in [1.29, 1.82) is 0 Å². The highest BCUT2D eigenvalue weighted by Gasteiger charge is 2.25. The maximum Gasteiger partial charge on any atom is 0.303 e. The molecule has 104 valence electrons. The Bertz CT molecular complexity index is 474. The Kier molecular flexibility index (Phi) is 4.99. The van der Waals surface area contributed by atoms with Crippen LogP contribution < -0.4 is 0 Å². The molecule has 0 bridgehead atoms. The third-order valence-corrected chi connectivity index (χ3v) is 5.03. The van der Waals surface area contributed by atoms with Crippen LogP contribution >= 0.6 is 27.3 Å². The van der Waals surface area contributed by atoms with Crippen LogP contribution in [-0.2, 0) is 4.79 Å². The lowest BCUT2D eigenvalue weighted by Crippen LogP contribution is -2.39. The smallest absolute Gasteiger partial charge is 0.303 e. The minimum Gasteiger partial charge on any atom is -0.481 e. The maximum atomic E-state index is 12.3. The lowest BCUT2D eigenvalue weighted by atomic mass is 9.93. The van der Waals surface area contributed by atoms with E-state index >= 15 is 0 Å². The monoisotopic (exact) mass is 345 g/mol. The summed E-state index contributed by atoms with van der Waals surface area (Å²) in [6.07, 6.45) is 2.83. The Hall–Kier alpha value is -0.880. The number of hydrogen-bond acceptors (Lipinski definition) is 3. The van der Waals surface area contributed by atoms with E-state index in [1.54, 1.807) is 0 Å². The summed E-state index contributed by atoms with van der Waals surface area (Å²) in [7, 11) is 0. The molecule has 1 aromatic rings. The van der Waals surface area contributed by atoms with E-state index in [1.807, 2.05) is 16.3 Å². The first-order valence-corrected chi connectivity index (χ1v) is 7.98. The predicted octanol–water partition coefficient (Wildman–Crippen LogP) is 3.23. The van der Waals surface area contributed by atoms with Crippen LogP contribution in [0, 0.1) is 5.92 Å². The molecular formula is C13H16BrNO3S. The Morgan fingerprint density at radius 3 is 2.95 bits per heavy atom. The summed E-state index contributed by atoms with van der Waals surface area (Å²) in [5.74, 6) is -0.376. The van der Waals surface area contributed by atoms with Crippen molar-refractivity contribution in [3.8, 4) is 0 Å². The summed E-state index contributed by atoms with van der Waals surface area (Å²) in [4.78, 5) is 25.5. The maximum absolute atomic E-state index is 12.3. The van der Waals surface area contributed by atoms with Crippen molar-refractivity contribution in [2.45, 2.75) is 25.7 Å².